The Bertz CT molecular complexity index is 344. The fourth-order valence-corrected chi connectivity index (χ4v) is 1.13. The van der Waals surface area contributed by atoms with Gasteiger partial charge in [-0.2, -0.15) is 10.5 Å². The molecule has 6 heteroatoms. The van der Waals surface area contributed by atoms with E-state index in [2.05, 4.69) is 5.32 Å². The van der Waals surface area contributed by atoms with E-state index in [1.165, 1.54) is 6.20 Å². The van der Waals surface area contributed by atoms with Gasteiger partial charge < -0.3 is 5.32 Å². The van der Waals surface area contributed by atoms with Crippen molar-refractivity contribution in [2.24, 2.45) is 0 Å². The lowest BCUT2D eigenvalue weighted by molar-refractivity contribution is 0.721. The molecular formula is C6H2Cl2N4. The Hall–Kier alpha value is -1.36. The van der Waals surface area contributed by atoms with Crippen LogP contribution in [0.2, 0.25) is 0 Å². The molecule has 0 aromatic carbocycles. The quantitative estimate of drug-likeness (QED) is 0.474. The SMILES string of the molecule is N#CC1=C(C#N)N(Cl)C=C(Cl)N1. The summed E-state index contributed by atoms with van der Waals surface area (Å²) in [5.74, 6) is 0. The van der Waals surface area contributed by atoms with Crippen molar-refractivity contribution in [2.75, 3.05) is 0 Å². The highest BCUT2D eigenvalue weighted by atomic mass is 35.5. The zero-order valence-electron chi connectivity index (χ0n) is 5.67. The van der Waals surface area contributed by atoms with Crippen LogP contribution in [0.1, 0.15) is 0 Å². The van der Waals surface area contributed by atoms with Crippen molar-refractivity contribution < 1.29 is 0 Å². The second kappa shape index (κ2) is 3.36. The molecule has 0 aromatic rings. The van der Waals surface area contributed by atoms with Crippen LogP contribution in [0.25, 0.3) is 0 Å². The van der Waals surface area contributed by atoms with Crippen LogP contribution >= 0.6 is 23.4 Å². The zero-order chi connectivity index (χ0) is 9.14. The van der Waals surface area contributed by atoms with E-state index in [0.29, 0.717) is 0 Å². The molecule has 0 unspecified atom stereocenters. The van der Waals surface area contributed by atoms with Crippen LogP contribution in [0.3, 0.4) is 0 Å². The predicted molar refractivity (Wildman–Crippen MR) is 43.0 cm³/mol. The van der Waals surface area contributed by atoms with Crippen LogP contribution in [0, 0.1) is 22.7 Å². The summed E-state index contributed by atoms with van der Waals surface area (Å²) in [6, 6.07) is 3.52. The van der Waals surface area contributed by atoms with Gasteiger partial charge in [-0.1, -0.05) is 11.6 Å². The van der Waals surface area contributed by atoms with E-state index in [9.17, 15) is 0 Å². The van der Waals surface area contributed by atoms with Gasteiger partial charge in [0.1, 0.15) is 17.3 Å². The highest BCUT2D eigenvalue weighted by Gasteiger charge is 2.17. The molecule has 1 aliphatic heterocycles. The van der Waals surface area contributed by atoms with Crippen molar-refractivity contribution in [3.63, 3.8) is 0 Å². The molecule has 0 aromatic heterocycles. The predicted octanol–water partition coefficient (Wildman–Crippen LogP) is 1.34. The van der Waals surface area contributed by atoms with Gasteiger partial charge in [-0.25, -0.2) is 4.42 Å². The molecule has 4 nitrogen and oxygen atoms in total. The maximum atomic E-state index is 8.55. The molecule has 1 heterocycles. The Kier molecular flexibility index (Phi) is 2.44. The number of allylic oxidation sites excluding steroid dienone is 2. The minimum Gasteiger partial charge on any atom is -0.334 e. The van der Waals surface area contributed by atoms with E-state index < -0.39 is 0 Å². The number of hydrogen-bond acceptors (Lipinski definition) is 4. The molecule has 0 atom stereocenters. The van der Waals surface area contributed by atoms with Crippen molar-refractivity contribution >= 4 is 23.4 Å². The fraction of sp³-hybridized carbons (Fsp3) is 0. The Balaban J connectivity index is 3.09. The standard InChI is InChI=1S/C6H2Cl2N4/c7-6-3-12(8)5(2-10)4(1-9)11-6/h3,11H. The second-order valence-corrected chi connectivity index (χ2v) is 2.63. The Labute approximate surface area is 79.0 Å². The second-order valence-electron chi connectivity index (χ2n) is 1.86. The molecule has 0 saturated carbocycles. The summed E-state index contributed by atoms with van der Waals surface area (Å²) in [5, 5.41) is 19.8. The topological polar surface area (TPSA) is 62.9 Å². The Morgan fingerprint density at radius 2 is 2.08 bits per heavy atom. The average molecular weight is 201 g/mol. The van der Waals surface area contributed by atoms with Gasteiger partial charge in [-0.15, -0.1) is 0 Å². The first-order chi connectivity index (χ1) is 5.69. The third kappa shape index (κ3) is 1.45. The lowest BCUT2D eigenvalue weighted by Crippen LogP contribution is -2.21. The van der Waals surface area contributed by atoms with Crippen molar-refractivity contribution in [1.29, 1.82) is 10.5 Å². The molecule has 0 saturated heterocycles. The molecule has 1 rings (SSSR count). The highest BCUT2D eigenvalue weighted by Crippen LogP contribution is 2.19. The Morgan fingerprint density at radius 1 is 1.42 bits per heavy atom. The molecule has 0 amide bonds. The van der Waals surface area contributed by atoms with Crippen molar-refractivity contribution in [3.05, 3.63) is 22.8 Å². The van der Waals surface area contributed by atoms with Crippen LogP contribution in [-0.2, 0) is 0 Å². The van der Waals surface area contributed by atoms with Crippen LogP contribution in [0.5, 0.6) is 0 Å². The molecule has 1 aliphatic rings. The zero-order valence-corrected chi connectivity index (χ0v) is 7.19. The first-order valence-electron chi connectivity index (χ1n) is 2.83. The first-order valence-corrected chi connectivity index (χ1v) is 3.54. The summed E-state index contributed by atoms with van der Waals surface area (Å²) < 4.78 is 0.970. The molecule has 0 spiro atoms. The third-order valence-corrected chi connectivity index (χ3v) is 1.60. The van der Waals surface area contributed by atoms with Gasteiger partial charge >= 0.3 is 0 Å². The largest absolute Gasteiger partial charge is 0.334 e. The summed E-state index contributed by atoms with van der Waals surface area (Å²) >= 11 is 11.1. The maximum absolute atomic E-state index is 8.55. The minimum absolute atomic E-state index is 0.0311. The molecule has 0 fully saturated rings. The molecule has 0 aliphatic carbocycles. The van der Waals surface area contributed by atoms with E-state index >= 15 is 0 Å². The van der Waals surface area contributed by atoms with Crippen LogP contribution in [0.4, 0.5) is 0 Å². The van der Waals surface area contributed by atoms with Crippen molar-refractivity contribution in [3.8, 4) is 12.1 Å². The van der Waals surface area contributed by atoms with Gasteiger partial charge in [0, 0.05) is 11.8 Å². The molecule has 60 valence electrons. The van der Waals surface area contributed by atoms with Crippen molar-refractivity contribution in [1.82, 2.24) is 9.74 Å². The minimum atomic E-state index is 0.0311. The highest BCUT2D eigenvalue weighted by molar-refractivity contribution is 6.30. The van der Waals surface area contributed by atoms with Crippen LogP contribution < -0.4 is 5.32 Å². The van der Waals surface area contributed by atoms with E-state index in [1.54, 1.807) is 12.1 Å². The van der Waals surface area contributed by atoms with Gasteiger partial charge in [0.05, 0.1) is 6.20 Å². The molecule has 0 bridgehead atoms. The van der Waals surface area contributed by atoms with E-state index in [4.69, 9.17) is 33.9 Å². The van der Waals surface area contributed by atoms with E-state index in [-0.39, 0.29) is 16.6 Å². The third-order valence-electron chi connectivity index (χ3n) is 1.14. The normalized spacial score (nSPS) is 16.0. The average Bonchev–Trinajstić information content (AvgIpc) is 2.03. The molecule has 12 heavy (non-hydrogen) atoms. The summed E-state index contributed by atoms with van der Waals surface area (Å²) in [4.78, 5) is 0. The maximum Gasteiger partial charge on any atom is 0.169 e. The summed E-state index contributed by atoms with van der Waals surface area (Å²) in [6.45, 7) is 0. The summed E-state index contributed by atoms with van der Waals surface area (Å²) in [7, 11) is 0. The molecule has 0 radical (unpaired) electrons. The number of rotatable bonds is 0. The van der Waals surface area contributed by atoms with Gasteiger partial charge in [0.15, 0.2) is 11.4 Å². The first kappa shape index (κ1) is 8.73. The van der Waals surface area contributed by atoms with E-state index in [0.717, 1.165) is 4.42 Å². The fourth-order valence-electron chi connectivity index (χ4n) is 0.666. The van der Waals surface area contributed by atoms with Gasteiger partial charge in [0.2, 0.25) is 0 Å². The van der Waals surface area contributed by atoms with Crippen LogP contribution in [-0.4, -0.2) is 4.42 Å². The monoisotopic (exact) mass is 200 g/mol. The molecule has 1 N–H and O–H groups in total. The number of halogens is 2. The number of nitrogens with one attached hydrogen (secondary N) is 1. The lowest BCUT2D eigenvalue weighted by atomic mass is 10.3. The van der Waals surface area contributed by atoms with Crippen LogP contribution in [0.15, 0.2) is 22.8 Å². The number of nitrogens with zero attached hydrogens (tertiary/aromatic N) is 3. The summed E-state index contributed by atoms with van der Waals surface area (Å²) in [5.41, 5.74) is 0.0727. The summed E-state index contributed by atoms with van der Waals surface area (Å²) in [6.07, 6.45) is 1.29. The van der Waals surface area contributed by atoms with Gasteiger partial charge in [0.25, 0.3) is 0 Å². The van der Waals surface area contributed by atoms with E-state index in [1.807, 2.05) is 0 Å². The number of nitriles is 2. The smallest absolute Gasteiger partial charge is 0.169 e. The Morgan fingerprint density at radius 3 is 2.58 bits per heavy atom. The molecular weight excluding hydrogens is 199 g/mol. The lowest BCUT2D eigenvalue weighted by Gasteiger charge is -2.17. The van der Waals surface area contributed by atoms with Crippen molar-refractivity contribution in [2.45, 2.75) is 0 Å². The van der Waals surface area contributed by atoms with Gasteiger partial charge in [-0.3, -0.25) is 0 Å². The number of hydrogen-bond donors (Lipinski definition) is 1. The van der Waals surface area contributed by atoms with Gasteiger partial charge in [-0.05, 0) is 0 Å².